The third-order valence-electron chi connectivity index (χ3n) is 4.29. The van der Waals surface area contributed by atoms with Gasteiger partial charge in [-0.1, -0.05) is 18.2 Å². The highest BCUT2D eigenvalue weighted by atomic mass is 19.1. The second-order valence-electron chi connectivity index (χ2n) is 5.82. The van der Waals surface area contributed by atoms with Crippen LogP contribution in [0.5, 0.6) is 0 Å². The molecule has 1 aliphatic heterocycles. The summed E-state index contributed by atoms with van der Waals surface area (Å²) in [5.41, 5.74) is 0.728. The van der Waals surface area contributed by atoms with Crippen molar-refractivity contribution in [1.29, 1.82) is 0 Å². The number of hydrogen-bond donors (Lipinski definition) is 1. The lowest BCUT2D eigenvalue weighted by atomic mass is 9.73. The Bertz CT molecular complexity index is 712. The van der Waals surface area contributed by atoms with Gasteiger partial charge < -0.3 is 10.1 Å². The molecular weight excluding hydrogens is 295 g/mol. The lowest BCUT2D eigenvalue weighted by Crippen LogP contribution is -2.45. The molecule has 23 heavy (non-hydrogen) atoms. The van der Waals surface area contributed by atoms with Crippen molar-refractivity contribution in [3.63, 3.8) is 0 Å². The van der Waals surface area contributed by atoms with E-state index in [0.717, 1.165) is 5.69 Å². The van der Waals surface area contributed by atoms with E-state index >= 15 is 0 Å². The van der Waals surface area contributed by atoms with E-state index in [2.05, 4.69) is 10.3 Å². The first-order chi connectivity index (χ1) is 11.1. The fourth-order valence-corrected chi connectivity index (χ4v) is 3.00. The Hall–Kier alpha value is -2.27. The first-order valence-electron chi connectivity index (χ1n) is 7.69. The van der Waals surface area contributed by atoms with Crippen molar-refractivity contribution in [3.8, 4) is 0 Å². The fraction of sp³-hybridized carbons (Fsp3) is 0.333. The Kier molecular flexibility index (Phi) is 4.39. The van der Waals surface area contributed by atoms with Crippen LogP contribution in [-0.2, 0) is 14.9 Å². The molecule has 4 nitrogen and oxygen atoms in total. The quantitative estimate of drug-likeness (QED) is 0.946. The van der Waals surface area contributed by atoms with Crippen LogP contribution in [0.1, 0.15) is 24.1 Å². The molecule has 1 amide bonds. The van der Waals surface area contributed by atoms with Crippen molar-refractivity contribution in [2.45, 2.75) is 25.2 Å². The Morgan fingerprint density at radius 3 is 2.65 bits per heavy atom. The van der Waals surface area contributed by atoms with Gasteiger partial charge in [0.15, 0.2) is 0 Å². The number of carbonyl (C=O) groups excluding carboxylic acids is 1. The number of ether oxygens (including phenoxy) is 1. The number of aryl methyl sites for hydroxylation is 1. The van der Waals surface area contributed by atoms with E-state index in [4.69, 9.17) is 4.74 Å². The Balaban J connectivity index is 1.94. The summed E-state index contributed by atoms with van der Waals surface area (Å²) in [7, 11) is 0. The van der Waals surface area contributed by atoms with E-state index in [-0.39, 0.29) is 11.7 Å². The minimum atomic E-state index is -0.786. The van der Waals surface area contributed by atoms with Crippen LogP contribution in [0.4, 0.5) is 10.2 Å². The first kappa shape index (κ1) is 15.6. The van der Waals surface area contributed by atoms with Gasteiger partial charge in [0.25, 0.3) is 0 Å². The molecule has 5 heteroatoms. The van der Waals surface area contributed by atoms with Crippen molar-refractivity contribution in [2.75, 3.05) is 18.5 Å². The predicted molar refractivity (Wildman–Crippen MR) is 85.7 cm³/mol. The van der Waals surface area contributed by atoms with Gasteiger partial charge in [0.2, 0.25) is 5.91 Å². The molecular formula is C18H19FN2O2. The number of amides is 1. The van der Waals surface area contributed by atoms with Crippen molar-refractivity contribution in [3.05, 3.63) is 59.5 Å². The van der Waals surface area contributed by atoms with Crippen LogP contribution in [0, 0.1) is 12.7 Å². The van der Waals surface area contributed by atoms with Gasteiger partial charge in [0.05, 0.1) is 5.41 Å². The predicted octanol–water partition coefficient (Wildman–Crippen LogP) is 3.22. The molecule has 1 saturated heterocycles. The van der Waals surface area contributed by atoms with Gasteiger partial charge in [-0.15, -0.1) is 0 Å². The maximum absolute atomic E-state index is 13.7. The first-order valence-corrected chi connectivity index (χ1v) is 7.69. The van der Waals surface area contributed by atoms with Crippen LogP contribution in [0.15, 0.2) is 42.5 Å². The molecule has 0 saturated carbocycles. The maximum Gasteiger partial charge on any atom is 0.236 e. The van der Waals surface area contributed by atoms with Gasteiger partial charge in [-0.05, 0) is 49.6 Å². The molecule has 1 aliphatic rings. The van der Waals surface area contributed by atoms with Crippen molar-refractivity contribution < 1.29 is 13.9 Å². The Morgan fingerprint density at radius 1 is 1.22 bits per heavy atom. The molecule has 0 bridgehead atoms. The number of nitrogens with one attached hydrogen (secondary N) is 1. The van der Waals surface area contributed by atoms with E-state index < -0.39 is 5.41 Å². The SMILES string of the molecule is Cc1cccc(NC(=O)C2(c3cccc(F)c3)CCOCC2)n1. The van der Waals surface area contributed by atoms with Crippen LogP contribution < -0.4 is 5.32 Å². The zero-order valence-electron chi connectivity index (χ0n) is 13.0. The average Bonchev–Trinajstić information content (AvgIpc) is 2.55. The zero-order chi connectivity index (χ0) is 16.3. The fourth-order valence-electron chi connectivity index (χ4n) is 3.00. The van der Waals surface area contributed by atoms with E-state index in [1.165, 1.54) is 12.1 Å². The zero-order valence-corrected chi connectivity index (χ0v) is 13.0. The summed E-state index contributed by atoms with van der Waals surface area (Å²) in [6, 6.07) is 11.7. The van der Waals surface area contributed by atoms with Gasteiger partial charge >= 0.3 is 0 Å². The number of benzene rings is 1. The highest BCUT2D eigenvalue weighted by Crippen LogP contribution is 2.36. The highest BCUT2D eigenvalue weighted by molar-refractivity contribution is 5.98. The summed E-state index contributed by atoms with van der Waals surface area (Å²) >= 11 is 0. The maximum atomic E-state index is 13.7. The van der Waals surface area contributed by atoms with Crippen molar-refractivity contribution in [2.24, 2.45) is 0 Å². The van der Waals surface area contributed by atoms with Gasteiger partial charge in [0, 0.05) is 18.9 Å². The largest absolute Gasteiger partial charge is 0.381 e. The lowest BCUT2D eigenvalue weighted by Gasteiger charge is -2.36. The number of nitrogens with zero attached hydrogens (tertiary/aromatic N) is 1. The third kappa shape index (κ3) is 3.24. The summed E-state index contributed by atoms with van der Waals surface area (Å²) in [6.07, 6.45) is 1.04. The van der Waals surface area contributed by atoms with Crippen LogP contribution in [-0.4, -0.2) is 24.1 Å². The smallest absolute Gasteiger partial charge is 0.236 e. The molecule has 2 heterocycles. The highest BCUT2D eigenvalue weighted by Gasteiger charge is 2.42. The summed E-state index contributed by atoms with van der Waals surface area (Å²) in [5, 5.41) is 2.88. The van der Waals surface area contributed by atoms with E-state index in [1.807, 2.05) is 19.1 Å². The molecule has 0 spiro atoms. The number of rotatable bonds is 3. The summed E-state index contributed by atoms with van der Waals surface area (Å²) in [4.78, 5) is 17.3. The van der Waals surface area contributed by atoms with E-state index in [1.54, 1.807) is 18.2 Å². The topological polar surface area (TPSA) is 51.2 Å². The summed E-state index contributed by atoms with van der Waals surface area (Å²) in [6.45, 7) is 2.82. The van der Waals surface area contributed by atoms with Crippen LogP contribution in [0.3, 0.4) is 0 Å². The number of carbonyl (C=O) groups is 1. The van der Waals surface area contributed by atoms with Gasteiger partial charge in [-0.2, -0.15) is 0 Å². The standard InChI is InChI=1S/C18H19FN2O2/c1-13-4-2-7-16(20-13)21-17(22)18(8-10-23-11-9-18)14-5-3-6-15(19)12-14/h2-7,12H,8-11H2,1H3,(H,20,21,22). The third-order valence-corrected chi connectivity index (χ3v) is 4.29. The second-order valence-corrected chi connectivity index (χ2v) is 5.82. The molecule has 1 aromatic heterocycles. The molecule has 0 atom stereocenters. The summed E-state index contributed by atoms with van der Waals surface area (Å²) in [5.74, 6) is 0.0108. The van der Waals surface area contributed by atoms with E-state index in [9.17, 15) is 9.18 Å². The van der Waals surface area contributed by atoms with Gasteiger partial charge in [-0.25, -0.2) is 9.37 Å². The van der Waals surface area contributed by atoms with E-state index in [0.29, 0.717) is 37.4 Å². The number of aromatic nitrogens is 1. The van der Waals surface area contributed by atoms with Crippen LogP contribution >= 0.6 is 0 Å². The minimum absolute atomic E-state index is 0.162. The second kappa shape index (κ2) is 6.46. The van der Waals surface area contributed by atoms with Gasteiger partial charge in [-0.3, -0.25) is 4.79 Å². The molecule has 0 aliphatic carbocycles. The minimum Gasteiger partial charge on any atom is -0.381 e. The molecule has 2 aromatic rings. The van der Waals surface area contributed by atoms with Crippen LogP contribution in [0.25, 0.3) is 0 Å². The molecule has 0 unspecified atom stereocenters. The molecule has 3 rings (SSSR count). The lowest BCUT2D eigenvalue weighted by molar-refractivity contribution is -0.125. The monoisotopic (exact) mass is 314 g/mol. The summed E-state index contributed by atoms with van der Waals surface area (Å²) < 4.78 is 19.1. The molecule has 0 radical (unpaired) electrons. The van der Waals surface area contributed by atoms with Crippen LogP contribution in [0.2, 0.25) is 0 Å². The Morgan fingerprint density at radius 2 is 1.96 bits per heavy atom. The number of halogens is 1. The number of hydrogen-bond acceptors (Lipinski definition) is 3. The molecule has 1 aromatic carbocycles. The number of anilines is 1. The molecule has 120 valence electrons. The van der Waals surface area contributed by atoms with Gasteiger partial charge in [0.1, 0.15) is 11.6 Å². The number of pyridine rings is 1. The van der Waals surface area contributed by atoms with Crippen molar-refractivity contribution in [1.82, 2.24) is 4.98 Å². The van der Waals surface area contributed by atoms with Crippen molar-refractivity contribution >= 4 is 11.7 Å². The molecule has 1 N–H and O–H groups in total. The molecule has 1 fully saturated rings. The normalized spacial score (nSPS) is 16.8. The Labute approximate surface area is 134 Å². The average molecular weight is 314 g/mol.